The summed E-state index contributed by atoms with van der Waals surface area (Å²) in [6.45, 7) is 3.69. The Kier molecular flexibility index (Phi) is 1.60. The van der Waals surface area contributed by atoms with Crippen LogP contribution in [0.25, 0.3) is 0 Å². The average molecular weight is 120 g/mol. The molecular weight excluding hydrogens is 112 g/mol. The van der Waals surface area contributed by atoms with Crippen molar-refractivity contribution in [1.82, 2.24) is 0 Å². The highest BCUT2D eigenvalue weighted by atomic mass is 16.3. The Hall–Kier alpha value is -1.16. The van der Waals surface area contributed by atoms with Gasteiger partial charge in [0.05, 0.1) is 0 Å². The molecule has 0 N–H and O–H groups in total. The van der Waals surface area contributed by atoms with E-state index in [0.717, 1.165) is 11.5 Å². The van der Waals surface area contributed by atoms with Crippen LogP contribution in [0.4, 0.5) is 0 Å². The Morgan fingerprint density at radius 3 is 2.67 bits per heavy atom. The molecule has 0 aliphatic rings. The minimum atomic E-state index is 0.745. The van der Waals surface area contributed by atoms with Gasteiger partial charge in [0, 0.05) is 0 Å². The second-order valence-electron chi connectivity index (χ2n) is 1.79. The Balaban J connectivity index is 2.93. The highest BCUT2D eigenvalue weighted by Gasteiger charge is 1.89. The summed E-state index contributed by atoms with van der Waals surface area (Å²) in [6.07, 6.45) is 0. The van der Waals surface area contributed by atoms with Gasteiger partial charge in [0.1, 0.15) is 5.76 Å². The Labute approximate surface area is 54.7 Å². The first-order valence-electron chi connectivity index (χ1n) is 2.82. The summed E-state index contributed by atoms with van der Waals surface area (Å²) < 4.78 is 5.15. The summed E-state index contributed by atoms with van der Waals surface area (Å²) in [5.41, 5.74) is 0. The molecule has 1 aromatic heterocycles. The predicted molar refractivity (Wildman–Crippen MR) is 36.0 cm³/mol. The molecule has 1 nitrogen and oxygen atoms in total. The van der Waals surface area contributed by atoms with Crippen LogP contribution in [0.5, 0.6) is 0 Å². The van der Waals surface area contributed by atoms with Gasteiger partial charge in [0.2, 0.25) is 0 Å². The smallest absolute Gasteiger partial charge is 0.176 e. The molecule has 0 bridgehead atoms. The summed E-state index contributed by atoms with van der Waals surface area (Å²) >= 11 is 0. The van der Waals surface area contributed by atoms with E-state index in [2.05, 4.69) is 11.8 Å². The molecule has 1 heteroatoms. The van der Waals surface area contributed by atoms with Crippen LogP contribution in [0.2, 0.25) is 0 Å². The van der Waals surface area contributed by atoms with Crippen LogP contribution < -0.4 is 0 Å². The lowest BCUT2D eigenvalue weighted by Crippen LogP contribution is -1.60. The fourth-order valence-corrected chi connectivity index (χ4v) is 0.625. The third-order valence-corrected chi connectivity index (χ3v) is 0.989. The first kappa shape index (κ1) is 5.97. The number of aryl methyl sites for hydroxylation is 1. The van der Waals surface area contributed by atoms with Crippen molar-refractivity contribution in [1.29, 1.82) is 0 Å². The normalized spacial score (nSPS) is 8.22. The van der Waals surface area contributed by atoms with Gasteiger partial charge in [-0.15, -0.1) is 0 Å². The molecule has 0 saturated heterocycles. The van der Waals surface area contributed by atoms with E-state index in [1.807, 2.05) is 19.1 Å². The third kappa shape index (κ3) is 1.36. The molecule has 0 aromatic carbocycles. The van der Waals surface area contributed by atoms with Gasteiger partial charge in [-0.25, -0.2) is 0 Å². The minimum absolute atomic E-state index is 0.745. The molecule has 0 amide bonds. The van der Waals surface area contributed by atoms with E-state index >= 15 is 0 Å². The van der Waals surface area contributed by atoms with Crippen LogP contribution in [0, 0.1) is 18.8 Å². The van der Waals surface area contributed by atoms with Crippen molar-refractivity contribution in [3.8, 4) is 11.8 Å². The lowest BCUT2D eigenvalue weighted by atomic mass is 10.4. The molecule has 0 atom stereocenters. The summed E-state index contributed by atoms with van der Waals surface area (Å²) in [5.74, 6) is 7.22. The Morgan fingerprint density at radius 2 is 2.22 bits per heavy atom. The zero-order chi connectivity index (χ0) is 6.69. The largest absolute Gasteiger partial charge is 0.453 e. The lowest BCUT2D eigenvalue weighted by Gasteiger charge is -1.77. The van der Waals surface area contributed by atoms with Gasteiger partial charge in [0.15, 0.2) is 5.76 Å². The van der Waals surface area contributed by atoms with Crippen molar-refractivity contribution < 1.29 is 4.42 Å². The molecular formula is C8H8O. The third-order valence-electron chi connectivity index (χ3n) is 0.989. The van der Waals surface area contributed by atoms with Gasteiger partial charge < -0.3 is 4.42 Å². The second-order valence-corrected chi connectivity index (χ2v) is 1.79. The van der Waals surface area contributed by atoms with Crippen molar-refractivity contribution in [2.24, 2.45) is 0 Å². The maximum absolute atomic E-state index is 5.15. The molecule has 0 unspecified atom stereocenters. The molecule has 0 aliphatic heterocycles. The van der Waals surface area contributed by atoms with Gasteiger partial charge in [-0.05, 0) is 31.9 Å². The van der Waals surface area contributed by atoms with E-state index in [0.29, 0.717) is 0 Å². The lowest BCUT2D eigenvalue weighted by molar-refractivity contribution is 0.522. The molecule has 1 heterocycles. The molecule has 1 aromatic rings. The van der Waals surface area contributed by atoms with Crippen molar-refractivity contribution in [3.05, 3.63) is 23.7 Å². The van der Waals surface area contributed by atoms with E-state index in [1.54, 1.807) is 6.92 Å². The minimum Gasteiger partial charge on any atom is -0.453 e. The molecule has 1 rings (SSSR count). The molecule has 0 spiro atoms. The van der Waals surface area contributed by atoms with Crippen LogP contribution in [-0.2, 0) is 0 Å². The van der Waals surface area contributed by atoms with Gasteiger partial charge >= 0.3 is 0 Å². The molecule has 0 aliphatic carbocycles. The Bertz CT molecular complexity index is 247. The van der Waals surface area contributed by atoms with E-state index < -0.39 is 0 Å². The van der Waals surface area contributed by atoms with Gasteiger partial charge in [-0.3, -0.25) is 0 Å². The van der Waals surface area contributed by atoms with E-state index in [1.165, 1.54) is 0 Å². The van der Waals surface area contributed by atoms with Crippen molar-refractivity contribution in [2.45, 2.75) is 13.8 Å². The fourth-order valence-electron chi connectivity index (χ4n) is 0.625. The predicted octanol–water partition coefficient (Wildman–Crippen LogP) is 1.96. The standard InChI is InChI=1S/C8H8O/c1-3-4-8-6-5-7(2)9-8/h5-6H,1-2H3. The van der Waals surface area contributed by atoms with E-state index in [-0.39, 0.29) is 0 Å². The maximum atomic E-state index is 5.15. The maximum Gasteiger partial charge on any atom is 0.176 e. The summed E-state index contributed by atoms with van der Waals surface area (Å²) in [6, 6.07) is 3.77. The van der Waals surface area contributed by atoms with Crippen LogP contribution in [0.3, 0.4) is 0 Å². The molecule has 46 valence electrons. The number of hydrogen-bond acceptors (Lipinski definition) is 1. The SMILES string of the molecule is CC#Cc1ccc(C)o1. The highest BCUT2D eigenvalue weighted by molar-refractivity contribution is 5.25. The van der Waals surface area contributed by atoms with E-state index in [4.69, 9.17) is 4.42 Å². The topological polar surface area (TPSA) is 13.1 Å². The van der Waals surface area contributed by atoms with Crippen molar-refractivity contribution in [2.75, 3.05) is 0 Å². The van der Waals surface area contributed by atoms with E-state index in [9.17, 15) is 0 Å². The van der Waals surface area contributed by atoms with Crippen molar-refractivity contribution >= 4 is 0 Å². The summed E-state index contributed by atoms with van der Waals surface area (Å²) in [5, 5.41) is 0. The monoisotopic (exact) mass is 120 g/mol. The number of rotatable bonds is 0. The van der Waals surface area contributed by atoms with Crippen LogP contribution in [0.1, 0.15) is 18.4 Å². The van der Waals surface area contributed by atoms with Crippen LogP contribution >= 0.6 is 0 Å². The quantitative estimate of drug-likeness (QED) is 0.477. The zero-order valence-electron chi connectivity index (χ0n) is 5.56. The van der Waals surface area contributed by atoms with Gasteiger partial charge in [-0.2, -0.15) is 0 Å². The molecule has 0 fully saturated rings. The number of furan rings is 1. The highest BCUT2D eigenvalue weighted by Crippen LogP contribution is 2.03. The van der Waals surface area contributed by atoms with Crippen LogP contribution in [0.15, 0.2) is 16.5 Å². The number of hydrogen-bond donors (Lipinski definition) is 0. The molecule has 0 saturated carbocycles. The average Bonchev–Trinajstić information content (AvgIpc) is 2.17. The summed E-state index contributed by atoms with van der Waals surface area (Å²) in [4.78, 5) is 0. The zero-order valence-corrected chi connectivity index (χ0v) is 5.56. The van der Waals surface area contributed by atoms with Gasteiger partial charge in [-0.1, -0.05) is 5.92 Å². The molecule has 0 radical (unpaired) electrons. The first-order valence-corrected chi connectivity index (χ1v) is 2.82. The Morgan fingerprint density at radius 1 is 1.44 bits per heavy atom. The second kappa shape index (κ2) is 2.41. The first-order chi connectivity index (χ1) is 4.33. The molecule has 9 heavy (non-hydrogen) atoms. The van der Waals surface area contributed by atoms with Crippen LogP contribution in [-0.4, -0.2) is 0 Å². The van der Waals surface area contributed by atoms with Crippen molar-refractivity contribution in [3.63, 3.8) is 0 Å². The summed E-state index contributed by atoms with van der Waals surface area (Å²) in [7, 11) is 0. The van der Waals surface area contributed by atoms with Gasteiger partial charge in [0.25, 0.3) is 0 Å². The fraction of sp³-hybridized carbons (Fsp3) is 0.250.